The number of hydrogen-bond acceptors (Lipinski definition) is 5. The first-order valence-electron chi connectivity index (χ1n) is 7.47. The van der Waals surface area contributed by atoms with E-state index in [-0.39, 0.29) is 5.91 Å². The second-order valence-electron chi connectivity index (χ2n) is 5.43. The van der Waals surface area contributed by atoms with Crippen molar-refractivity contribution in [3.8, 4) is 11.3 Å². The number of amides is 1. The van der Waals surface area contributed by atoms with E-state index in [2.05, 4.69) is 22.4 Å². The molecule has 0 bridgehead atoms. The van der Waals surface area contributed by atoms with Crippen molar-refractivity contribution in [1.29, 1.82) is 0 Å². The molecule has 0 radical (unpaired) electrons. The number of anilines is 1. The fourth-order valence-electron chi connectivity index (χ4n) is 2.51. The second kappa shape index (κ2) is 6.83. The highest BCUT2D eigenvalue weighted by atomic mass is 32.2. The van der Waals surface area contributed by atoms with Crippen molar-refractivity contribution in [2.75, 3.05) is 11.6 Å². The number of nitrogens with zero attached hydrogens (tertiary/aromatic N) is 1. The van der Waals surface area contributed by atoms with Gasteiger partial charge in [-0.1, -0.05) is 12.1 Å². The number of thiazole rings is 1. The molecule has 0 aliphatic rings. The predicted octanol–water partition coefficient (Wildman–Crippen LogP) is 5.30. The van der Waals surface area contributed by atoms with Gasteiger partial charge in [-0.2, -0.15) is 0 Å². The first-order chi connectivity index (χ1) is 11.5. The Morgan fingerprint density at radius 3 is 2.46 bits per heavy atom. The molecule has 0 aliphatic carbocycles. The van der Waals surface area contributed by atoms with Gasteiger partial charge in [-0.3, -0.25) is 10.1 Å². The molecule has 0 fully saturated rings. The van der Waals surface area contributed by atoms with Gasteiger partial charge in [0.25, 0.3) is 5.91 Å². The topological polar surface area (TPSA) is 55.1 Å². The van der Waals surface area contributed by atoms with Crippen molar-refractivity contribution < 1.29 is 9.21 Å². The summed E-state index contributed by atoms with van der Waals surface area (Å²) in [6.45, 7) is 5.55. The summed E-state index contributed by atoms with van der Waals surface area (Å²) in [5.41, 5.74) is 3.36. The van der Waals surface area contributed by atoms with Crippen molar-refractivity contribution in [1.82, 2.24) is 4.98 Å². The summed E-state index contributed by atoms with van der Waals surface area (Å²) in [4.78, 5) is 18.2. The van der Waals surface area contributed by atoms with Crippen LogP contribution in [0.15, 0.2) is 39.0 Å². The van der Waals surface area contributed by atoms with Crippen LogP contribution in [0.4, 0.5) is 5.13 Å². The van der Waals surface area contributed by atoms with Gasteiger partial charge in [0.15, 0.2) is 5.13 Å². The van der Waals surface area contributed by atoms with Crippen LogP contribution in [0.3, 0.4) is 0 Å². The number of rotatable bonds is 4. The van der Waals surface area contributed by atoms with Gasteiger partial charge in [-0.15, -0.1) is 23.1 Å². The summed E-state index contributed by atoms with van der Waals surface area (Å²) in [5.74, 6) is 1.22. The Morgan fingerprint density at radius 1 is 1.17 bits per heavy atom. The highest BCUT2D eigenvalue weighted by Gasteiger charge is 2.19. The molecule has 6 heteroatoms. The largest absolute Gasteiger partial charge is 0.466 e. The Hall–Kier alpha value is -2.05. The Bertz CT molecular complexity index is 879. The van der Waals surface area contributed by atoms with Crippen LogP contribution in [-0.2, 0) is 0 Å². The number of benzene rings is 1. The molecule has 2 aromatic heterocycles. The fourth-order valence-corrected chi connectivity index (χ4v) is 3.64. The minimum Gasteiger partial charge on any atom is -0.466 e. The highest BCUT2D eigenvalue weighted by Crippen LogP contribution is 2.28. The maximum atomic E-state index is 12.5. The fraction of sp³-hybridized carbons (Fsp3) is 0.222. The summed E-state index contributed by atoms with van der Waals surface area (Å²) in [7, 11) is 0. The van der Waals surface area contributed by atoms with Crippen LogP contribution in [0, 0.1) is 20.8 Å². The van der Waals surface area contributed by atoms with Gasteiger partial charge in [0, 0.05) is 21.4 Å². The molecule has 0 saturated heterocycles. The molecule has 24 heavy (non-hydrogen) atoms. The van der Waals surface area contributed by atoms with Crippen molar-refractivity contribution in [2.45, 2.75) is 25.7 Å². The number of furan rings is 1. The lowest BCUT2D eigenvalue weighted by Gasteiger charge is -2.02. The molecule has 0 unspecified atom stereocenters. The zero-order chi connectivity index (χ0) is 17.3. The lowest BCUT2D eigenvalue weighted by atomic mass is 10.1. The lowest BCUT2D eigenvalue weighted by molar-refractivity contribution is 0.102. The molecule has 0 aliphatic heterocycles. The average Bonchev–Trinajstić information content (AvgIpc) is 3.12. The maximum Gasteiger partial charge on any atom is 0.261 e. The summed E-state index contributed by atoms with van der Waals surface area (Å²) in [6, 6.07) is 8.22. The van der Waals surface area contributed by atoms with Gasteiger partial charge in [-0.05, 0) is 39.2 Å². The van der Waals surface area contributed by atoms with Crippen LogP contribution in [0.1, 0.15) is 27.4 Å². The molecule has 0 saturated carbocycles. The van der Waals surface area contributed by atoms with E-state index in [1.165, 1.54) is 16.2 Å². The molecule has 3 rings (SSSR count). The van der Waals surface area contributed by atoms with Gasteiger partial charge < -0.3 is 4.42 Å². The van der Waals surface area contributed by atoms with Gasteiger partial charge >= 0.3 is 0 Å². The third-order valence-corrected chi connectivity index (χ3v) is 5.40. The van der Waals surface area contributed by atoms with Gasteiger partial charge in [0.1, 0.15) is 11.5 Å². The van der Waals surface area contributed by atoms with Crippen LogP contribution >= 0.6 is 23.1 Å². The van der Waals surface area contributed by atoms with E-state index in [4.69, 9.17) is 4.42 Å². The highest BCUT2D eigenvalue weighted by molar-refractivity contribution is 7.98. The van der Waals surface area contributed by atoms with Crippen LogP contribution in [0.5, 0.6) is 0 Å². The molecule has 1 aromatic carbocycles. The molecule has 0 atom stereocenters. The lowest BCUT2D eigenvalue weighted by Crippen LogP contribution is -2.13. The van der Waals surface area contributed by atoms with E-state index in [1.54, 1.807) is 18.7 Å². The van der Waals surface area contributed by atoms with E-state index < -0.39 is 0 Å². The van der Waals surface area contributed by atoms with Crippen molar-refractivity contribution in [3.63, 3.8) is 0 Å². The van der Waals surface area contributed by atoms with E-state index in [9.17, 15) is 4.79 Å². The number of hydrogen-bond donors (Lipinski definition) is 1. The van der Waals surface area contributed by atoms with Crippen LogP contribution in [0.25, 0.3) is 11.3 Å². The molecule has 4 nitrogen and oxygen atoms in total. The average molecular weight is 358 g/mol. The summed E-state index contributed by atoms with van der Waals surface area (Å²) in [6.07, 6.45) is 2.05. The van der Waals surface area contributed by atoms with Gasteiger partial charge in [-0.25, -0.2) is 4.98 Å². The molecular formula is C18H18N2O2S2. The predicted molar refractivity (Wildman–Crippen MR) is 100 cm³/mol. The number of aromatic nitrogens is 1. The van der Waals surface area contributed by atoms with Crippen LogP contribution < -0.4 is 5.32 Å². The Kier molecular flexibility index (Phi) is 4.78. The second-order valence-corrected chi connectivity index (χ2v) is 7.17. The standard InChI is InChI=1S/C18H18N2O2S2/c1-10-11(2)22-12(3)16(10)17(21)20-18-19-15(9-24-18)13-5-7-14(23-4)8-6-13/h5-9H,1-4H3,(H,19,20,21). The molecule has 1 amide bonds. The van der Waals surface area contributed by atoms with Crippen molar-refractivity contribution in [3.05, 3.63) is 52.3 Å². The molecule has 1 N–H and O–H groups in total. The third-order valence-electron chi connectivity index (χ3n) is 3.90. The van der Waals surface area contributed by atoms with Crippen molar-refractivity contribution >= 4 is 34.1 Å². The minimum absolute atomic E-state index is 0.180. The number of nitrogens with one attached hydrogen (secondary N) is 1. The Morgan fingerprint density at radius 2 is 1.88 bits per heavy atom. The normalized spacial score (nSPS) is 10.8. The molecule has 3 aromatic rings. The van der Waals surface area contributed by atoms with E-state index in [0.717, 1.165) is 22.6 Å². The summed E-state index contributed by atoms with van der Waals surface area (Å²) in [5, 5.41) is 5.40. The molecule has 2 heterocycles. The zero-order valence-electron chi connectivity index (χ0n) is 14.0. The zero-order valence-corrected chi connectivity index (χ0v) is 15.6. The summed E-state index contributed by atoms with van der Waals surface area (Å²) < 4.78 is 5.52. The quantitative estimate of drug-likeness (QED) is 0.643. The van der Waals surface area contributed by atoms with Crippen molar-refractivity contribution in [2.24, 2.45) is 0 Å². The van der Waals surface area contributed by atoms with Gasteiger partial charge in [0.2, 0.25) is 0 Å². The molecule has 124 valence electrons. The Balaban J connectivity index is 1.79. The number of aryl methyl sites for hydroxylation is 2. The third kappa shape index (κ3) is 3.25. The monoisotopic (exact) mass is 358 g/mol. The van der Waals surface area contributed by atoms with E-state index >= 15 is 0 Å². The maximum absolute atomic E-state index is 12.5. The van der Waals surface area contributed by atoms with Crippen LogP contribution in [-0.4, -0.2) is 17.1 Å². The molecular weight excluding hydrogens is 340 g/mol. The first kappa shape index (κ1) is 16.8. The Labute approximate surface area is 149 Å². The van der Waals surface area contributed by atoms with E-state index in [1.807, 2.05) is 37.6 Å². The number of thioether (sulfide) groups is 1. The number of carbonyl (C=O) groups is 1. The van der Waals surface area contributed by atoms with Crippen LogP contribution in [0.2, 0.25) is 0 Å². The first-order valence-corrected chi connectivity index (χ1v) is 9.58. The van der Waals surface area contributed by atoms with E-state index in [0.29, 0.717) is 16.5 Å². The smallest absolute Gasteiger partial charge is 0.261 e. The molecule has 0 spiro atoms. The minimum atomic E-state index is -0.180. The number of carbonyl (C=O) groups excluding carboxylic acids is 1. The van der Waals surface area contributed by atoms with Gasteiger partial charge in [0.05, 0.1) is 11.3 Å². The summed E-state index contributed by atoms with van der Waals surface area (Å²) >= 11 is 3.12. The SMILES string of the molecule is CSc1ccc(-c2csc(NC(=O)c3c(C)oc(C)c3C)n2)cc1.